The molecule has 1 heterocycles. The van der Waals surface area contributed by atoms with Gasteiger partial charge < -0.3 is 4.74 Å². The van der Waals surface area contributed by atoms with Crippen LogP contribution in [0, 0.1) is 6.92 Å². The summed E-state index contributed by atoms with van der Waals surface area (Å²) in [5.41, 5.74) is 2.65. The van der Waals surface area contributed by atoms with Crippen LogP contribution in [0.1, 0.15) is 18.1 Å². The number of methoxy groups -OCH3 is 1. The maximum absolute atomic E-state index is 13.2. The molecule has 0 bridgehead atoms. The number of carbonyl (C=O) groups is 2. The van der Waals surface area contributed by atoms with Crippen molar-refractivity contribution >= 4 is 34.8 Å². The minimum atomic E-state index is -0.309. The summed E-state index contributed by atoms with van der Waals surface area (Å²) in [6.45, 7) is 3.90. The highest BCUT2D eigenvalue weighted by atomic mass is 32.2. The molecule has 0 radical (unpaired) electrons. The summed E-state index contributed by atoms with van der Waals surface area (Å²) < 4.78 is 5.40. The van der Waals surface area contributed by atoms with Gasteiger partial charge in [-0.25, -0.2) is 4.90 Å². The van der Waals surface area contributed by atoms with E-state index in [1.54, 1.807) is 19.2 Å². The Bertz CT molecular complexity index is 873. The summed E-state index contributed by atoms with van der Waals surface area (Å²) >= 11 is 1.39. The normalized spacial score (nSPS) is 14.4. The maximum Gasteiger partial charge on any atom is 0.272 e. The van der Waals surface area contributed by atoms with E-state index in [-0.39, 0.29) is 11.8 Å². The highest BCUT2D eigenvalue weighted by molar-refractivity contribution is 8.04. The van der Waals surface area contributed by atoms with Gasteiger partial charge in [0.1, 0.15) is 5.75 Å². The number of para-hydroxylation sites is 1. The van der Waals surface area contributed by atoms with E-state index in [1.807, 2.05) is 50.2 Å². The monoisotopic (exact) mass is 353 g/mol. The first kappa shape index (κ1) is 17.3. The fourth-order valence-corrected chi connectivity index (χ4v) is 3.72. The number of hydrogen-bond acceptors (Lipinski definition) is 4. The van der Waals surface area contributed by atoms with Gasteiger partial charge in [-0.15, -0.1) is 11.8 Å². The van der Waals surface area contributed by atoms with Crippen molar-refractivity contribution in [2.45, 2.75) is 13.8 Å². The lowest BCUT2D eigenvalue weighted by Gasteiger charge is -2.16. The molecule has 0 saturated carbocycles. The molecule has 0 aromatic heterocycles. The highest BCUT2D eigenvalue weighted by Gasteiger charge is 2.40. The zero-order valence-corrected chi connectivity index (χ0v) is 15.2. The smallest absolute Gasteiger partial charge is 0.272 e. The van der Waals surface area contributed by atoms with Crippen molar-refractivity contribution in [1.82, 2.24) is 0 Å². The Morgan fingerprint density at radius 1 is 1.04 bits per heavy atom. The minimum Gasteiger partial charge on any atom is -0.496 e. The van der Waals surface area contributed by atoms with Gasteiger partial charge in [0, 0.05) is 5.56 Å². The minimum absolute atomic E-state index is 0.275. The number of anilines is 1. The second kappa shape index (κ2) is 7.15. The van der Waals surface area contributed by atoms with E-state index in [4.69, 9.17) is 4.74 Å². The first-order valence-corrected chi connectivity index (χ1v) is 9.03. The van der Waals surface area contributed by atoms with Crippen LogP contribution in [0.4, 0.5) is 5.69 Å². The van der Waals surface area contributed by atoms with Crippen LogP contribution in [0.2, 0.25) is 0 Å². The van der Waals surface area contributed by atoms with Gasteiger partial charge in [-0.05, 0) is 36.4 Å². The summed E-state index contributed by atoms with van der Waals surface area (Å²) in [4.78, 5) is 27.9. The molecule has 3 rings (SSSR count). The maximum atomic E-state index is 13.2. The predicted molar refractivity (Wildman–Crippen MR) is 102 cm³/mol. The summed E-state index contributed by atoms with van der Waals surface area (Å²) in [6.07, 6.45) is 0. The second-order valence-electron chi connectivity index (χ2n) is 5.62. The van der Waals surface area contributed by atoms with Crippen LogP contribution in [0.15, 0.2) is 53.4 Å². The zero-order valence-electron chi connectivity index (χ0n) is 14.4. The van der Waals surface area contributed by atoms with Crippen molar-refractivity contribution < 1.29 is 14.3 Å². The number of benzene rings is 2. The Kier molecular flexibility index (Phi) is 4.95. The molecule has 0 fully saturated rings. The third kappa shape index (κ3) is 3.07. The fourth-order valence-electron chi connectivity index (χ4n) is 2.88. The molecule has 2 aromatic rings. The van der Waals surface area contributed by atoms with Crippen LogP contribution in [-0.4, -0.2) is 24.7 Å². The summed E-state index contributed by atoms with van der Waals surface area (Å²) in [6, 6.07) is 14.7. The fraction of sp³-hybridized carbons (Fsp3) is 0.200. The molecule has 0 saturated heterocycles. The lowest BCUT2D eigenvalue weighted by molar-refractivity contribution is -0.119. The van der Waals surface area contributed by atoms with E-state index in [0.29, 0.717) is 33.2 Å². The Morgan fingerprint density at radius 2 is 1.80 bits per heavy atom. The lowest BCUT2D eigenvalue weighted by atomic mass is 10.0. The van der Waals surface area contributed by atoms with Crippen LogP contribution in [0.5, 0.6) is 5.75 Å². The molecule has 2 aromatic carbocycles. The van der Waals surface area contributed by atoms with E-state index in [2.05, 4.69) is 0 Å². The third-order valence-corrected chi connectivity index (χ3v) is 4.92. The number of imide groups is 1. The van der Waals surface area contributed by atoms with Crippen LogP contribution in [0.3, 0.4) is 0 Å². The van der Waals surface area contributed by atoms with Gasteiger partial charge in [0.25, 0.3) is 11.8 Å². The van der Waals surface area contributed by atoms with Crippen LogP contribution < -0.4 is 9.64 Å². The van der Waals surface area contributed by atoms with Crippen molar-refractivity contribution in [1.29, 1.82) is 0 Å². The summed E-state index contributed by atoms with van der Waals surface area (Å²) in [7, 11) is 1.56. The first-order valence-electron chi connectivity index (χ1n) is 8.04. The number of hydrogen-bond donors (Lipinski definition) is 0. The SMILES string of the molecule is CCSC1=C(c2ccccc2OC)C(=O)N(c2cccc(C)c2)C1=O. The first-order chi connectivity index (χ1) is 12.1. The molecule has 1 aliphatic rings. The van der Waals surface area contributed by atoms with Crippen LogP contribution in [-0.2, 0) is 9.59 Å². The molecule has 5 heteroatoms. The molecular weight excluding hydrogens is 334 g/mol. The molecule has 25 heavy (non-hydrogen) atoms. The van der Waals surface area contributed by atoms with Gasteiger partial charge in [-0.3, -0.25) is 9.59 Å². The highest BCUT2D eigenvalue weighted by Crippen LogP contribution is 2.41. The Hall–Kier alpha value is -2.53. The van der Waals surface area contributed by atoms with Crippen LogP contribution in [0.25, 0.3) is 5.57 Å². The van der Waals surface area contributed by atoms with Gasteiger partial charge in [-0.2, -0.15) is 0 Å². The van der Waals surface area contributed by atoms with Crippen molar-refractivity contribution in [3.05, 3.63) is 64.6 Å². The Morgan fingerprint density at radius 3 is 2.48 bits per heavy atom. The topological polar surface area (TPSA) is 46.6 Å². The average Bonchev–Trinajstić information content (AvgIpc) is 2.85. The van der Waals surface area contributed by atoms with Crippen molar-refractivity contribution in [2.75, 3.05) is 17.8 Å². The number of aryl methyl sites for hydroxylation is 1. The number of thioether (sulfide) groups is 1. The predicted octanol–water partition coefficient (Wildman–Crippen LogP) is 4.04. The molecule has 0 unspecified atom stereocenters. The van der Waals surface area contributed by atoms with E-state index < -0.39 is 0 Å². The van der Waals surface area contributed by atoms with E-state index in [9.17, 15) is 9.59 Å². The molecule has 4 nitrogen and oxygen atoms in total. The largest absolute Gasteiger partial charge is 0.496 e. The van der Waals surface area contributed by atoms with E-state index in [0.717, 1.165) is 5.56 Å². The Labute approximate surface area is 151 Å². The lowest BCUT2D eigenvalue weighted by Crippen LogP contribution is -2.31. The van der Waals surface area contributed by atoms with Crippen LogP contribution >= 0.6 is 11.8 Å². The average molecular weight is 353 g/mol. The zero-order chi connectivity index (χ0) is 18.0. The molecule has 128 valence electrons. The molecule has 0 atom stereocenters. The molecule has 1 aliphatic heterocycles. The van der Waals surface area contributed by atoms with Gasteiger partial charge in [-0.1, -0.05) is 37.3 Å². The van der Waals surface area contributed by atoms with Crippen molar-refractivity contribution in [2.24, 2.45) is 0 Å². The summed E-state index contributed by atoms with van der Waals surface area (Å²) in [5.74, 6) is 0.702. The second-order valence-corrected chi connectivity index (χ2v) is 6.90. The third-order valence-electron chi connectivity index (χ3n) is 3.97. The van der Waals surface area contributed by atoms with Gasteiger partial charge >= 0.3 is 0 Å². The number of carbonyl (C=O) groups excluding carboxylic acids is 2. The number of amides is 2. The van der Waals surface area contributed by atoms with Gasteiger partial charge in [0.05, 0.1) is 23.3 Å². The molecule has 0 aliphatic carbocycles. The molecule has 0 N–H and O–H groups in total. The Balaban J connectivity index is 2.14. The van der Waals surface area contributed by atoms with Crippen molar-refractivity contribution in [3.8, 4) is 5.75 Å². The summed E-state index contributed by atoms with van der Waals surface area (Å²) in [5, 5.41) is 0. The van der Waals surface area contributed by atoms with Gasteiger partial charge in [0.2, 0.25) is 0 Å². The number of ether oxygens (including phenoxy) is 1. The van der Waals surface area contributed by atoms with E-state index >= 15 is 0 Å². The number of rotatable bonds is 5. The molecule has 2 amide bonds. The standard InChI is InChI=1S/C20H19NO3S/c1-4-25-18-17(15-10-5-6-11-16(15)24-3)19(22)21(20(18)23)14-9-7-8-13(2)12-14/h5-12H,4H2,1-3H3. The van der Waals surface area contributed by atoms with Gasteiger partial charge in [0.15, 0.2) is 0 Å². The van der Waals surface area contributed by atoms with Crippen molar-refractivity contribution in [3.63, 3.8) is 0 Å². The molecule has 0 spiro atoms. The van der Waals surface area contributed by atoms with E-state index in [1.165, 1.54) is 16.7 Å². The number of nitrogens with zero attached hydrogens (tertiary/aromatic N) is 1. The quantitative estimate of drug-likeness (QED) is 0.761. The molecular formula is C20H19NO3S.